The van der Waals surface area contributed by atoms with Crippen LogP contribution in [0, 0.1) is 13.8 Å². The Labute approximate surface area is 218 Å². The van der Waals surface area contributed by atoms with E-state index in [0.29, 0.717) is 38.9 Å². The Hall–Kier alpha value is -3.77. The molecule has 2 atom stereocenters. The van der Waals surface area contributed by atoms with Crippen molar-refractivity contribution in [3.05, 3.63) is 65.5 Å². The molecule has 37 heavy (non-hydrogen) atoms. The van der Waals surface area contributed by atoms with Gasteiger partial charge in [0.15, 0.2) is 17.6 Å². The number of carboxylic acids is 1. The molecule has 10 nitrogen and oxygen atoms in total. The van der Waals surface area contributed by atoms with Gasteiger partial charge in [-0.1, -0.05) is 0 Å². The van der Waals surface area contributed by atoms with E-state index in [1.165, 1.54) is 23.2 Å². The van der Waals surface area contributed by atoms with Crippen LogP contribution in [0.4, 0.5) is 0 Å². The summed E-state index contributed by atoms with van der Waals surface area (Å²) in [6.45, 7) is 3.25. The number of benzene rings is 2. The molecule has 0 saturated heterocycles. The zero-order chi connectivity index (χ0) is 26.7. The lowest BCUT2D eigenvalue weighted by Crippen LogP contribution is -2.13. The van der Waals surface area contributed by atoms with Crippen LogP contribution in [-0.4, -0.2) is 54.3 Å². The molecule has 4 aromatic rings. The summed E-state index contributed by atoms with van der Waals surface area (Å²) in [5.74, 6) is 0.496. The topological polar surface area (TPSA) is 130 Å². The first-order valence-electron chi connectivity index (χ1n) is 11.0. The van der Waals surface area contributed by atoms with Crippen molar-refractivity contribution in [2.24, 2.45) is 0 Å². The van der Waals surface area contributed by atoms with Crippen molar-refractivity contribution in [2.75, 3.05) is 20.8 Å². The van der Waals surface area contributed by atoms with E-state index in [0.717, 1.165) is 11.1 Å². The van der Waals surface area contributed by atoms with Crippen molar-refractivity contribution >= 4 is 38.8 Å². The fourth-order valence-corrected chi connectivity index (χ4v) is 6.45. The molecule has 0 aliphatic heterocycles. The Kier molecular flexibility index (Phi) is 7.89. The molecule has 1 N–H and O–H groups in total. The monoisotopic (exact) mass is 543 g/mol. The van der Waals surface area contributed by atoms with Gasteiger partial charge in [0.2, 0.25) is 5.16 Å². The summed E-state index contributed by atoms with van der Waals surface area (Å²) < 4.78 is 44.7. The van der Waals surface area contributed by atoms with E-state index in [1.54, 1.807) is 43.6 Å². The van der Waals surface area contributed by atoms with E-state index in [-0.39, 0.29) is 10.9 Å². The zero-order valence-electron chi connectivity index (χ0n) is 20.6. The molecule has 0 aliphatic rings. The molecular formula is C25H25N3O7S2. The number of rotatable bonds is 10. The van der Waals surface area contributed by atoms with Crippen molar-refractivity contribution in [1.82, 2.24) is 13.9 Å². The Morgan fingerprint density at radius 2 is 1.73 bits per heavy atom. The number of ether oxygens (including phenoxy) is 3. The number of nitrogens with zero attached hydrogens (tertiary/aromatic N) is 3. The second kappa shape index (κ2) is 11.1. The number of hydrogen-bond donors (Lipinski definition) is 1. The van der Waals surface area contributed by atoms with Gasteiger partial charge in [0.05, 0.1) is 52.4 Å². The maximum Gasteiger partial charge on any atom is 0.341 e. The van der Waals surface area contributed by atoms with Crippen molar-refractivity contribution in [3.63, 3.8) is 0 Å². The van der Waals surface area contributed by atoms with Crippen LogP contribution in [0.5, 0.6) is 17.2 Å². The summed E-state index contributed by atoms with van der Waals surface area (Å²) in [7, 11) is -0.429. The molecule has 0 amide bonds. The molecule has 4 rings (SSSR count). The van der Waals surface area contributed by atoms with Gasteiger partial charge in [-0.3, -0.25) is 9.19 Å². The van der Waals surface area contributed by atoms with Crippen LogP contribution in [0.25, 0.3) is 11.0 Å². The summed E-state index contributed by atoms with van der Waals surface area (Å²) in [5.41, 5.74) is 3.22. The predicted molar refractivity (Wildman–Crippen MR) is 138 cm³/mol. The smallest absolute Gasteiger partial charge is 0.341 e. The summed E-state index contributed by atoms with van der Waals surface area (Å²) in [5, 5.41) is 8.91. The van der Waals surface area contributed by atoms with E-state index in [1.807, 2.05) is 13.8 Å². The normalized spacial score (nSPS) is 12.8. The molecule has 0 fully saturated rings. The molecule has 0 radical (unpaired) electrons. The molecule has 0 spiro atoms. The highest BCUT2D eigenvalue weighted by Gasteiger charge is 2.24. The van der Waals surface area contributed by atoms with Crippen molar-refractivity contribution in [1.29, 1.82) is 0 Å². The Morgan fingerprint density at radius 3 is 2.38 bits per heavy atom. The van der Waals surface area contributed by atoms with Crippen LogP contribution in [0.15, 0.2) is 58.7 Å². The highest BCUT2D eigenvalue weighted by molar-refractivity contribution is 7.86. The van der Waals surface area contributed by atoms with E-state index >= 15 is 0 Å². The van der Waals surface area contributed by atoms with Crippen molar-refractivity contribution in [3.8, 4) is 17.2 Å². The number of fused-ring (bicyclic) bond motifs is 1. The van der Waals surface area contributed by atoms with Gasteiger partial charge < -0.3 is 19.3 Å². The van der Waals surface area contributed by atoms with Crippen molar-refractivity contribution < 1.29 is 32.5 Å². The van der Waals surface area contributed by atoms with Crippen LogP contribution < -0.4 is 14.2 Å². The lowest BCUT2D eigenvalue weighted by molar-refractivity contribution is -0.139. The van der Waals surface area contributed by atoms with Gasteiger partial charge in [0, 0.05) is 23.4 Å². The number of aromatic nitrogens is 3. The Balaban J connectivity index is 1.75. The quantitative estimate of drug-likeness (QED) is 0.320. The lowest BCUT2D eigenvalue weighted by Gasteiger charge is -2.13. The van der Waals surface area contributed by atoms with E-state index in [4.69, 9.17) is 19.3 Å². The second-order valence-electron chi connectivity index (χ2n) is 7.98. The van der Waals surface area contributed by atoms with Crippen LogP contribution in [0.3, 0.4) is 0 Å². The molecule has 2 heterocycles. The van der Waals surface area contributed by atoms with Gasteiger partial charge in [0.1, 0.15) is 17.2 Å². The van der Waals surface area contributed by atoms with Gasteiger partial charge in [0.25, 0.3) is 0 Å². The van der Waals surface area contributed by atoms with E-state index in [2.05, 4.69) is 9.97 Å². The summed E-state index contributed by atoms with van der Waals surface area (Å²) in [6, 6.07) is 11.3. The molecular weight excluding hydrogens is 518 g/mol. The fourth-order valence-electron chi connectivity index (χ4n) is 3.75. The number of carbonyl (C=O) groups is 1. The summed E-state index contributed by atoms with van der Waals surface area (Å²) in [6.07, 6.45) is 1.67. The third-order valence-corrected chi connectivity index (χ3v) is 8.27. The van der Waals surface area contributed by atoms with Crippen LogP contribution in [0.1, 0.15) is 16.8 Å². The van der Waals surface area contributed by atoms with Crippen LogP contribution >= 0.6 is 0 Å². The first kappa shape index (κ1) is 26.3. The zero-order valence-corrected chi connectivity index (χ0v) is 22.2. The summed E-state index contributed by atoms with van der Waals surface area (Å²) in [4.78, 5) is 20.1. The number of aliphatic carboxylic acids is 1. The first-order chi connectivity index (χ1) is 17.7. The van der Waals surface area contributed by atoms with E-state index in [9.17, 15) is 13.2 Å². The van der Waals surface area contributed by atoms with E-state index < -0.39 is 34.4 Å². The molecule has 2 unspecified atom stereocenters. The molecule has 194 valence electrons. The highest BCUT2D eigenvalue weighted by atomic mass is 32.2. The minimum Gasteiger partial charge on any atom is -0.497 e. The number of carboxylic acid groups (broad SMARTS) is 1. The predicted octanol–water partition coefficient (Wildman–Crippen LogP) is 3.41. The maximum absolute atomic E-state index is 13.7. The first-order valence-corrected chi connectivity index (χ1v) is 13.5. The summed E-state index contributed by atoms with van der Waals surface area (Å²) >= 11 is 0. The molecule has 12 heteroatoms. The number of pyridine rings is 1. The van der Waals surface area contributed by atoms with Gasteiger partial charge in [-0.25, -0.2) is 18.0 Å². The largest absolute Gasteiger partial charge is 0.497 e. The number of imidazole rings is 1. The number of hydrogen-bond acceptors (Lipinski definition) is 8. The SMILES string of the molecule is COc1ccc2c(c1)nc(S(=O)Cc1ncc(C)c(OC)c1C)n2S(=O)c1ccc(OCC(=O)O)cc1. The van der Waals surface area contributed by atoms with Gasteiger partial charge in [-0.2, -0.15) is 0 Å². The molecule has 2 aromatic heterocycles. The van der Waals surface area contributed by atoms with Gasteiger partial charge in [-0.05, 0) is 50.2 Å². The van der Waals surface area contributed by atoms with Crippen molar-refractivity contribution in [2.45, 2.75) is 29.7 Å². The number of aryl methyl sites for hydroxylation is 1. The van der Waals surface area contributed by atoms with Gasteiger partial charge >= 0.3 is 5.97 Å². The number of methoxy groups -OCH3 is 2. The molecule has 0 saturated carbocycles. The highest BCUT2D eigenvalue weighted by Crippen LogP contribution is 2.29. The third kappa shape index (κ3) is 5.49. The standard InChI is InChI=1S/C25H25N3O7S2/c1-15-12-26-21(16(2)24(15)34-4)14-36(31)25-27-20-11-18(33-3)7-10-22(20)28(25)37(32)19-8-5-17(6-9-19)35-13-23(29)30/h5-12H,13-14H2,1-4H3,(H,29,30). The average molecular weight is 544 g/mol. The maximum atomic E-state index is 13.7. The fraction of sp³-hybridized carbons (Fsp3) is 0.240. The molecule has 0 bridgehead atoms. The molecule has 2 aromatic carbocycles. The minimum absolute atomic E-state index is 0.0437. The minimum atomic E-state index is -1.82. The van der Waals surface area contributed by atoms with Crippen LogP contribution in [0.2, 0.25) is 0 Å². The Morgan fingerprint density at radius 1 is 1.03 bits per heavy atom. The third-order valence-electron chi connectivity index (χ3n) is 5.57. The van der Waals surface area contributed by atoms with Gasteiger partial charge in [-0.15, -0.1) is 0 Å². The molecule has 0 aliphatic carbocycles. The lowest BCUT2D eigenvalue weighted by atomic mass is 10.1. The Bertz CT molecular complexity index is 1520. The average Bonchev–Trinajstić information content (AvgIpc) is 3.28. The van der Waals surface area contributed by atoms with Crippen LogP contribution in [-0.2, 0) is 32.3 Å². The second-order valence-corrected chi connectivity index (χ2v) is 10.7.